The average molecular weight is 443 g/mol. The molecule has 0 radical (unpaired) electrons. The van der Waals surface area contributed by atoms with Gasteiger partial charge in [0.25, 0.3) is 5.91 Å². The predicted octanol–water partition coefficient (Wildman–Crippen LogP) is 4.85. The molecule has 0 bridgehead atoms. The van der Waals surface area contributed by atoms with Gasteiger partial charge in [0.1, 0.15) is 5.82 Å². The van der Waals surface area contributed by atoms with E-state index in [9.17, 15) is 9.59 Å². The number of hydrogen-bond donors (Lipinski definition) is 3. The molecule has 32 heavy (non-hydrogen) atoms. The molecule has 160 valence electrons. The van der Waals surface area contributed by atoms with Gasteiger partial charge < -0.3 is 15.6 Å². The molecule has 0 atom stereocenters. The number of thioether (sulfide) groups is 1. The van der Waals surface area contributed by atoms with Gasteiger partial charge in [0.05, 0.1) is 22.3 Å². The van der Waals surface area contributed by atoms with E-state index in [4.69, 9.17) is 0 Å². The van der Waals surface area contributed by atoms with E-state index >= 15 is 0 Å². The first-order valence-electron chi connectivity index (χ1n) is 10.5. The number of aromatic nitrogens is 2. The van der Waals surface area contributed by atoms with Crippen molar-refractivity contribution in [3.05, 3.63) is 78.4 Å². The molecule has 3 aromatic carbocycles. The second-order valence-corrected chi connectivity index (χ2v) is 8.78. The van der Waals surface area contributed by atoms with Crippen molar-refractivity contribution in [3.8, 4) is 11.4 Å². The van der Waals surface area contributed by atoms with Crippen LogP contribution in [0.2, 0.25) is 0 Å². The van der Waals surface area contributed by atoms with Crippen LogP contribution in [0.3, 0.4) is 0 Å². The highest BCUT2D eigenvalue weighted by molar-refractivity contribution is 8.00. The van der Waals surface area contributed by atoms with Crippen molar-refractivity contribution in [1.29, 1.82) is 0 Å². The first-order chi connectivity index (χ1) is 15.7. The number of amides is 2. The van der Waals surface area contributed by atoms with Crippen molar-refractivity contribution in [1.82, 2.24) is 15.3 Å². The molecule has 0 aliphatic heterocycles. The molecule has 2 amide bonds. The number of fused-ring (bicyclic) bond motifs is 1. The standard InChI is InChI=1S/C25H22N4O2S/c30-23(26-17-12-13-17)15-32-22-11-4-1-8-19(22)25(31)27-18-7-5-6-16(14-18)24-28-20-9-2-3-10-21(20)29-24/h1-11,14,17H,12-13,15H2,(H,26,30)(H,27,31)(H,28,29). The third kappa shape index (κ3) is 4.68. The van der Waals surface area contributed by atoms with E-state index in [0.717, 1.165) is 40.2 Å². The summed E-state index contributed by atoms with van der Waals surface area (Å²) in [6.07, 6.45) is 2.12. The van der Waals surface area contributed by atoms with Crippen LogP contribution >= 0.6 is 11.8 Å². The van der Waals surface area contributed by atoms with Gasteiger partial charge in [0.15, 0.2) is 0 Å². The molecular weight excluding hydrogens is 420 g/mol. The van der Waals surface area contributed by atoms with Gasteiger partial charge in [0, 0.05) is 22.2 Å². The van der Waals surface area contributed by atoms with Gasteiger partial charge in [-0.15, -0.1) is 11.8 Å². The van der Waals surface area contributed by atoms with Crippen LogP contribution in [0.4, 0.5) is 5.69 Å². The zero-order valence-corrected chi connectivity index (χ0v) is 18.1. The van der Waals surface area contributed by atoms with Gasteiger partial charge in [0.2, 0.25) is 5.91 Å². The molecule has 1 saturated carbocycles. The number of rotatable bonds is 7. The Hall–Kier alpha value is -3.58. The van der Waals surface area contributed by atoms with Crippen molar-refractivity contribution in [3.63, 3.8) is 0 Å². The number of carbonyl (C=O) groups excluding carboxylic acids is 2. The number of carbonyl (C=O) groups is 2. The number of anilines is 1. The summed E-state index contributed by atoms with van der Waals surface area (Å²) in [6, 6.07) is 23.1. The van der Waals surface area contributed by atoms with E-state index in [0.29, 0.717) is 23.0 Å². The summed E-state index contributed by atoms with van der Waals surface area (Å²) in [7, 11) is 0. The van der Waals surface area contributed by atoms with Gasteiger partial charge >= 0.3 is 0 Å². The maximum absolute atomic E-state index is 13.0. The third-order valence-electron chi connectivity index (χ3n) is 5.22. The topological polar surface area (TPSA) is 86.9 Å². The molecule has 3 N–H and O–H groups in total. The highest BCUT2D eigenvalue weighted by Gasteiger charge is 2.23. The lowest BCUT2D eigenvalue weighted by molar-refractivity contribution is -0.118. The molecule has 1 aliphatic rings. The fourth-order valence-electron chi connectivity index (χ4n) is 3.45. The SMILES string of the molecule is O=C(CSc1ccccc1C(=O)Nc1cccc(-c2nc3ccccc3[nH]2)c1)NC1CC1. The van der Waals surface area contributed by atoms with Crippen molar-refractivity contribution >= 4 is 40.3 Å². The van der Waals surface area contributed by atoms with Crippen molar-refractivity contribution < 1.29 is 9.59 Å². The summed E-state index contributed by atoms with van der Waals surface area (Å²) < 4.78 is 0. The number of imidazole rings is 1. The summed E-state index contributed by atoms with van der Waals surface area (Å²) in [5, 5.41) is 5.95. The van der Waals surface area contributed by atoms with E-state index in [1.165, 1.54) is 11.8 Å². The van der Waals surface area contributed by atoms with E-state index in [-0.39, 0.29) is 11.8 Å². The number of nitrogens with one attached hydrogen (secondary N) is 3. The Morgan fingerprint density at radius 1 is 1.00 bits per heavy atom. The summed E-state index contributed by atoms with van der Waals surface area (Å²) >= 11 is 1.38. The number of para-hydroxylation sites is 2. The van der Waals surface area contributed by atoms with Gasteiger partial charge in [-0.25, -0.2) is 4.98 Å². The maximum atomic E-state index is 13.0. The molecule has 1 heterocycles. The van der Waals surface area contributed by atoms with Gasteiger partial charge in [-0.1, -0.05) is 36.4 Å². The normalized spacial score (nSPS) is 13.1. The smallest absolute Gasteiger partial charge is 0.256 e. The molecule has 1 fully saturated rings. The van der Waals surface area contributed by atoms with Crippen LogP contribution in [0.25, 0.3) is 22.4 Å². The Balaban J connectivity index is 1.31. The van der Waals surface area contributed by atoms with Crippen molar-refractivity contribution in [2.75, 3.05) is 11.1 Å². The zero-order chi connectivity index (χ0) is 21.9. The Morgan fingerprint density at radius 3 is 2.66 bits per heavy atom. The minimum Gasteiger partial charge on any atom is -0.353 e. The fourth-order valence-corrected chi connectivity index (χ4v) is 4.31. The Labute approximate surface area is 189 Å². The second kappa shape index (κ2) is 8.88. The fraction of sp³-hybridized carbons (Fsp3) is 0.160. The zero-order valence-electron chi connectivity index (χ0n) is 17.3. The van der Waals surface area contributed by atoms with Crippen LogP contribution in [0.15, 0.2) is 77.7 Å². The summed E-state index contributed by atoms with van der Waals surface area (Å²) in [5.41, 5.74) is 3.98. The summed E-state index contributed by atoms with van der Waals surface area (Å²) in [6.45, 7) is 0. The van der Waals surface area contributed by atoms with Crippen LogP contribution in [-0.2, 0) is 4.79 Å². The number of benzene rings is 3. The number of H-pyrrole nitrogens is 1. The lowest BCUT2D eigenvalue weighted by atomic mass is 10.1. The van der Waals surface area contributed by atoms with E-state index < -0.39 is 0 Å². The van der Waals surface area contributed by atoms with Crippen LogP contribution in [0, 0.1) is 0 Å². The van der Waals surface area contributed by atoms with Crippen molar-refractivity contribution in [2.24, 2.45) is 0 Å². The Morgan fingerprint density at radius 2 is 1.81 bits per heavy atom. The van der Waals surface area contributed by atoms with Crippen LogP contribution in [0.1, 0.15) is 23.2 Å². The molecule has 6 nitrogen and oxygen atoms in total. The number of aromatic amines is 1. The molecular formula is C25H22N4O2S. The van der Waals surface area contributed by atoms with Gasteiger partial charge in [-0.05, 0) is 49.2 Å². The highest BCUT2D eigenvalue weighted by Crippen LogP contribution is 2.26. The lowest BCUT2D eigenvalue weighted by Gasteiger charge is -2.11. The maximum Gasteiger partial charge on any atom is 0.256 e. The monoisotopic (exact) mass is 442 g/mol. The van der Waals surface area contributed by atoms with E-state index in [1.54, 1.807) is 6.07 Å². The third-order valence-corrected chi connectivity index (χ3v) is 6.29. The first-order valence-corrected chi connectivity index (χ1v) is 11.5. The Kier molecular flexibility index (Phi) is 5.64. The highest BCUT2D eigenvalue weighted by atomic mass is 32.2. The predicted molar refractivity (Wildman–Crippen MR) is 128 cm³/mol. The minimum atomic E-state index is -0.211. The molecule has 7 heteroatoms. The van der Waals surface area contributed by atoms with E-state index in [2.05, 4.69) is 20.6 Å². The molecule has 4 aromatic rings. The van der Waals surface area contributed by atoms with Crippen LogP contribution < -0.4 is 10.6 Å². The van der Waals surface area contributed by atoms with Crippen LogP contribution in [0.5, 0.6) is 0 Å². The summed E-state index contributed by atoms with van der Waals surface area (Å²) in [4.78, 5) is 33.8. The lowest BCUT2D eigenvalue weighted by Crippen LogP contribution is -2.27. The molecule has 0 saturated heterocycles. The Bertz CT molecular complexity index is 1260. The van der Waals surface area contributed by atoms with E-state index in [1.807, 2.05) is 66.7 Å². The second-order valence-electron chi connectivity index (χ2n) is 7.76. The molecule has 0 spiro atoms. The number of hydrogen-bond acceptors (Lipinski definition) is 4. The van der Waals surface area contributed by atoms with Crippen LogP contribution in [-0.4, -0.2) is 33.6 Å². The molecule has 1 aliphatic carbocycles. The quantitative estimate of drug-likeness (QED) is 0.357. The molecule has 5 rings (SSSR count). The molecule has 0 unspecified atom stereocenters. The minimum absolute atomic E-state index is 0.00578. The summed E-state index contributed by atoms with van der Waals surface area (Å²) in [5.74, 6) is 0.839. The average Bonchev–Trinajstić information content (AvgIpc) is 3.51. The first kappa shape index (κ1) is 20.3. The van der Waals surface area contributed by atoms with Gasteiger partial charge in [-0.2, -0.15) is 0 Å². The van der Waals surface area contributed by atoms with Gasteiger partial charge in [-0.3, -0.25) is 9.59 Å². The largest absolute Gasteiger partial charge is 0.353 e. The molecule has 1 aromatic heterocycles. The number of nitrogens with zero attached hydrogens (tertiary/aromatic N) is 1. The van der Waals surface area contributed by atoms with Crippen molar-refractivity contribution in [2.45, 2.75) is 23.8 Å².